The van der Waals surface area contributed by atoms with Crippen LogP contribution in [0.2, 0.25) is 0 Å². The van der Waals surface area contributed by atoms with E-state index in [1.807, 2.05) is 0 Å². The molecule has 18 heavy (non-hydrogen) atoms. The molecule has 0 amide bonds. The zero-order valence-electron chi connectivity index (χ0n) is 11.1. The van der Waals surface area contributed by atoms with Crippen molar-refractivity contribution in [2.45, 2.75) is 50.8 Å². The lowest BCUT2D eigenvalue weighted by atomic mass is 10.1. The Hall–Kier alpha value is -0.570. The van der Waals surface area contributed by atoms with Crippen LogP contribution in [0.3, 0.4) is 0 Å². The first-order chi connectivity index (χ1) is 8.77. The first-order valence-electron chi connectivity index (χ1n) is 6.75. The van der Waals surface area contributed by atoms with Crippen molar-refractivity contribution in [1.29, 1.82) is 0 Å². The molecule has 0 spiro atoms. The number of benzene rings is 1. The van der Waals surface area contributed by atoms with E-state index in [0.29, 0.717) is 5.33 Å². The Balaban J connectivity index is 2.22. The van der Waals surface area contributed by atoms with E-state index in [-0.39, 0.29) is 5.82 Å². The second-order valence-corrected chi connectivity index (χ2v) is 5.06. The van der Waals surface area contributed by atoms with Crippen molar-refractivity contribution in [3.8, 4) is 5.75 Å². The summed E-state index contributed by atoms with van der Waals surface area (Å²) in [5, 5.41) is 0.622. The van der Waals surface area contributed by atoms with Crippen molar-refractivity contribution in [1.82, 2.24) is 0 Å². The molecule has 0 aromatic heterocycles. The number of rotatable bonds is 9. The predicted octanol–water partition coefficient (Wildman–Crippen LogP) is 5.46. The highest BCUT2D eigenvalue weighted by atomic mass is 79.9. The van der Waals surface area contributed by atoms with Gasteiger partial charge in [0.2, 0.25) is 0 Å². The van der Waals surface area contributed by atoms with Gasteiger partial charge in [0.1, 0.15) is 11.6 Å². The predicted molar refractivity (Wildman–Crippen MR) is 77.9 cm³/mol. The van der Waals surface area contributed by atoms with Crippen LogP contribution in [0.25, 0.3) is 0 Å². The monoisotopic (exact) mass is 316 g/mol. The van der Waals surface area contributed by atoms with E-state index in [2.05, 4.69) is 22.9 Å². The minimum Gasteiger partial charge on any atom is -0.493 e. The molecule has 1 aromatic rings. The van der Waals surface area contributed by atoms with Crippen molar-refractivity contribution < 1.29 is 9.13 Å². The Morgan fingerprint density at radius 3 is 2.56 bits per heavy atom. The third kappa shape index (κ3) is 5.85. The quantitative estimate of drug-likeness (QED) is 0.434. The van der Waals surface area contributed by atoms with Gasteiger partial charge in [-0.1, -0.05) is 55.0 Å². The highest BCUT2D eigenvalue weighted by Gasteiger charge is 2.04. The summed E-state index contributed by atoms with van der Waals surface area (Å²) in [6.07, 6.45) is 7.49. The van der Waals surface area contributed by atoms with Gasteiger partial charge in [-0.2, -0.15) is 0 Å². The van der Waals surface area contributed by atoms with Crippen LogP contribution in [0.15, 0.2) is 18.2 Å². The fourth-order valence-electron chi connectivity index (χ4n) is 1.86. The van der Waals surface area contributed by atoms with Gasteiger partial charge in [0, 0.05) is 10.9 Å². The Morgan fingerprint density at radius 2 is 1.83 bits per heavy atom. The van der Waals surface area contributed by atoms with Gasteiger partial charge in [0.25, 0.3) is 0 Å². The number of alkyl halides is 1. The van der Waals surface area contributed by atoms with E-state index < -0.39 is 0 Å². The normalized spacial score (nSPS) is 10.6. The number of unbranched alkanes of at least 4 members (excludes halogenated alkanes) is 5. The molecule has 0 saturated carbocycles. The molecular formula is C15H22BrFO. The van der Waals surface area contributed by atoms with E-state index in [0.717, 1.165) is 24.3 Å². The van der Waals surface area contributed by atoms with Crippen molar-refractivity contribution in [2.75, 3.05) is 6.61 Å². The summed E-state index contributed by atoms with van der Waals surface area (Å²) in [7, 11) is 0. The molecule has 0 N–H and O–H groups in total. The Kier molecular flexibility index (Phi) is 8.06. The van der Waals surface area contributed by atoms with Crippen LogP contribution in [0.5, 0.6) is 5.75 Å². The fraction of sp³-hybridized carbons (Fsp3) is 0.600. The molecule has 1 nitrogen and oxygen atoms in total. The second kappa shape index (κ2) is 9.37. The molecule has 0 aliphatic carbocycles. The average molecular weight is 317 g/mol. The highest BCUT2D eigenvalue weighted by molar-refractivity contribution is 9.08. The highest BCUT2D eigenvalue weighted by Crippen LogP contribution is 2.22. The molecule has 102 valence electrons. The number of ether oxygens (including phenoxy) is 1. The van der Waals surface area contributed by atoms with Crippen LogP contribution >= 0.6 is 15.9 Å². The topological polar surface area (TPSA) is 9.23 Å². The third-order valence-electron chi connectivity index (χ3n) is 2.92. The maximum absolute atomic E-state index is 13.0. The van der Waals surface area contributed by atoms with E-state index in [4.69, 9.17) is 4.74 Å². The van der Waals surface area contributed by atoms with Gasteiger partial charge in [0.15, 0.2) is 0 Å². The zero-order chi connectivity index (χ0) is 13.2. The SMILES string of the molecule is CCCCCCCCOc1ccc(F)cc1CBr. The Morgan fingerprint density at radius 1 is 1.11 bits per heavy atom. The summed E-state index contributed by atoms with van der Waals surface area (Å²) in [5.41, 5.74) is 0.876. The molecule has 0 aliphatic heterocycles. The molecule has 3 heteroatoms. The molecule has 0 radical (unpaired) electrons. The molecule has 0 heterocycles. The van der Waals surface area contributed by atoms with Crippen LogP contribution in [-0.2, 0) is 5.33 Å². The average Bonchev–Trinajstić information content (AvgIpc) is 2.39. The van der Waals surface area contributed by atoms with E-state index in [1.165, 1.54) is 44.2 Å². The van der Waals surface area contributed by atoms with Crippen LogP contribution in [-0.4, -0.2) is 6.61 Å². The summed E-state index contributed by atoms with van der Waals surface area (Å²) < 4.78 is 18.7. The van der Waals surface area contributed by atoms with Crippen molar-refractivity contribution in [3.63, 3.8) is 0 Å². The zero-order valence-corrected chi connectivity index (χ0v) is 12.6. The smallest absolute Gasteiger partial charge is 0.123 e. The molecule has 0 saturated heterocycles. The van der Waals surface area contributed by atoms with E-state index in [1.54, 1.807) is 6.07 Å². The second-order valence-electron chi connectivity index (χ2n) is 4.50. The van der Waals surface area contributed by atoms with Gasteiger partial charge in [-0.25, -0.2) is 4.39 Å². The minimum absolute atomic E-state index is 0.212. The number of halogens is 2. The van der Waals surface area contributed by atoms with Crippen LogP contribution in [0.4, 0.5) is 4.39 Å². The molecule has 0 bridgehead atoms. The maximum atomic E-state index is 13.0. The summed E-state index contributed by atoms with van der Waals surface area (Å²) in [4.78, 5) is 0. The lowest BCUT2D eigenvalue weighted by Gasteiger charge is -2.10. The number of hydrogen-bond acceptors (Lipinski definition) is 1. The summed E-state index contributed by atoms with van der Waals surface area (Å²) in [6, 6.07) is 4.68. The minimum atomic E-state index is -0.212. The van der Waals surface area contributed by atoms with Gasteiger partial charge in [-0.15, -0.1) is 0 Å². The van der Waals surface area contributed by atoms with Crippen molar-refractivity contribution in [3.05, 3.63) is 29.6 Å². The van der Waals surface area contributed by atoms with Crippen molar-refractivity contribution in [2.24, 2.45) is 0 Å². The molecule has 1 aromatic carbocycles. The van der Waals surface area contributed by atoms with Gasteiger partial charge in [-0.05, 0) is 24.6 Å². The first kappa shape index (κ1) is 15.5. The van der Waals surface area contributed by atoms with Crippen molar-refractivity contribution >= 4 is 15.9 Å². The number of hydrogen-bond donors (Lipinski definition) is 0. The Labute approximate surface area is 118 Å². The standard InChI is InChI=1S/C15H22BrFO/c1-2-3-4-5-6-7-10-18-15-9-8-14(17)11-13(15)12-16/h8-9,11H,2-7,10,12H2,1H3. The summed E-state index contributed by atoms with van der Waals surface area (Å²) >= 11 is 3.35. The fourth-order valence-corrected chi connectivity index (χ4v) is 2.30. The van der Waals surface area contributed by atoms with E-state index >= 15 is 0 Å². The van der Waals surface area contributed by atoms with Gasteiger partial charge in [0.05, 0.1) is 6.61 Å². The van der Waals surface area contributed by atoms with Gasteiger partial charge in [-0.3, -0.25) is 0 Å². The lowest BCUT2D eigenvalue weighted by molar-refractivity contribution is 0.302. The third-order valence-corrected chi connectivity index (χ3v) is 3.53. The lowest BCUT2D eigenvalue weighted by Crippen LogP contribution is -2.00. The maximum Gasteiger partial charge on any atom is 0.123 e. The molecule has 0 unspecified atom stereocenters. The molecular weight excluding hydrogens is 295 g/mol. The molecule has 1 rings (SSSR count). The molecule has 0 fully saturated rings. The summed E-state index contributed by atoms with van der Waals surface area (Å²) in [5.74, 6) is 0.582. The largest absolute Gasteiger partial charge is 0.493 e. The van der Waals surface area contributed by atoms with Gasteiger partial charge < -0.3 is 4.74 Å². The molecule has 0 atom stereocenters. The first-order valence-corrected chi connectivity index (χ1v) is 7.87. The summed E-state index contributed by atoms with van der Waals surface area (Å²) in [6.45, 7) is 2.94. The van der Waals surface area contributed by atoms with Crippen LogP contribution in [0, 0.1) is 5.82 Å². The molecule has 0 aliphatic rings. The van der Waals surface area contributed by atoms with Gasteiger partial charge >= 0.3 is 0 Å². The Bertz CT molecular complexity index is 341. The van der Waals surface area contributed by atoms with E-state index in [9.17, 15) is 4.39 Å². The van der Waals surface area contributed by atoms with Crippen LogP contribution in [0.1, 0.15) is 51.0 Å². The van der Waals surface area contributed by atoms with Crippen LogP contribution < -0.4 is 4.74 Å².